The largest absolute Gasteiger partial charge is 0.697 e. The van der Waals surface area contributed by atoms with Crippen LogP contribution in [0.4, 0.5) is 0 Å². The molecule has 0 nitrogen and oxygen atoms in total. The molecule has 0 N–H and O–H groups in total. The summed E-state index contributed by atoms with van der Waals surface area (Å²) in [6, 6.07) is 65.0. The zero-order valence-corrected chi connectivity index (χ0v) is 25.7. The first-order chi connectivity index (χ1) is 19.9. The molecular weight excluding hydrogens is 577 g/mol. The molecule has 0 saturated carbocycles. The third-order valence-corrected chi connectivity index (χ3v) is 11.8. The maximum Gasteiger partial charge on any atom is 0.102 e. The summed E-state index contributed by atoms with van der Waals surface area (Å²) in [5, 5.41) is 8.61. The van der Waals surface area contributed by atoms with E-state index in [1.807, 2.05) is 0 Å². The first kappa shape index (κ1) is 31.8. The van der Waals surface area contributed by atoms with Gasteiger partial charge >= 0.3 is 0 Å². The van der Waals surface area contributed by atoms with Crippen molar-refractivity contribution in [1.82, 2.24) is 0 Å². The summed E-state index contributed by atoms with van der Waals surface area (Å²) < 4.78 is 0. The standard InChI is InChI=1S/2C18H15P.C2H.Ni/c2*1-4-10-16(11-5-1)19(17-12-6-2-7-13-17)18-14-8-3-9-15-18;1-2;/h2*1-15H;1H;/q;;-1;/p+2. The summed E-state index contributed by atoms with van der Waals surface area (Å²) in [6.45, 7) is 0. The van der Waals surface area contributed by atoms with Crippen molar-refractivity contribution in [2.75, 3.05) is 0 Å². The second kappa shape index (κ2) is 17.8. The van der Waals surface area contributed by atoms with E-state index in [0.717, 1.165) is 0 Å². The molecule has 204 valence electrons. The molecule has 3 heteroatoms. The van der Waals surface area contributed by atoms with Gasteiger partial charge in [-0.1, -0.05) is 109 Å². The molecule has 0 amide bonds. The monoisotopic (exact) mass is 609 g/mol. The van der Waals surface area contributed by atoms with Gasteiger partial charge in [-0.3, -0.25) is 0 Å². The van der Waals surface area contributed by atoms with Crippen LogP contribution in [0.2, 0.25) is 0 Å². The molecular formula is C38H33NiP2+. The normalized spacial score (nSPS) is 9.85. The number of hydrogen-bond donors (Lipinski definition) is 0. The van der Waals surface area contributed by atoms with Crippen LogP contribution in [0.25, 0.3) is 0 Å². The van der Waals surface area contributed by atoms with Crippen molar-refractivity contribution in [2.45, 2.75) is 0 Å². The van der Waals surface area contributed by atoms with E-state index in [-0.39, 0.29) is 16.5 Å². The topological polar surface area (TPSA) is 0 Å². The maximum absolute atomic E-state index is 5.25. The van der Waals surface area contributed by atoms with Gasteiger partial charge in [-0.2, -0.15) is 0 Å². The van der Waals surface area contributed by atoms with E-state index in [9.17, 15) is 0 Å². The van der Waals surface area contributed by atoms with E-state index in [1.54, 1.807) is 0 Å². The van der Waals surface area contributed by atoms with Crippen molar-refractivity contribution in [3.63, 3.8) is 0 Å². The van der Waals surface area contributed by atoms with Gasteiger partial charge in [0, 0.05) is 16.5 Å². The second-order valence-electron chi connectivity index (χ2n) is 8.95. The molecule has 6 rings (SSSR count). The van der Waals surface area contributed by atoms with Crippen LogP contribution in [-0.4, -0.2) is 0 Å². The molecule has 0 radical (unpaired) electrons. The summed E-state index contributed by atoms with van der Waals surface area (Å²) in [4.78, 5) is 0. The van der Waals surface area contributed by atoms with Crippen molar-refractivity contribution in [3.05, 3.63) is 188 Å². The van der Waals surface area contributed by atoms with E-state index in [4.69, 9.17) is 6.42 Å². The Balaban J connectivity index is 0.000000208. The fourth-order valence-electron chi connectivity index (χ4n) is 4.63. The van der Waals surface area contributed by atoms with Crippen LogP contribution in [0.3, 0.4) is 0 Å². The first-order valence-corrected chi connectivity index (χ1v) is 16.3. The van der Waals surface area contributed by atoms with E-state index in [1.165, 1.54) is 31.8 Å². The SMILES string of the molecule is [C-]#C.[Ni].c1ccc([PH+](c2ccccc2)c2ccccc2)cc1.c1ccc([PH+](c2ccccc2)c2ccccc2)cc1. The van der Waals surface area contributed by atoms with Gasteiger partial charge < -0.3 is 12.8 Å². The zero-order valence-electron chi connectivity index (χ0n) is 22.7. The van der Waals surface area contributed by atoms with Gasteiger partial charge in [0.1, 0.15) is 31.8 Å². The van der Waals surface area contributed by atoms with Gasteiger partial charge in [-0.25, -0.2) is 0 Å². The van der Waals surface area contributed by atoms with Crippen LogP contribution in [0.1, 0.15) is 0 Å². The van der Waals surface area contributed by atoms with Crippen molar-refractivity contribution in [1.29, 1.82) is 0 Å². The molecule has 0 aliphatic rings. The van der Waals surface area contributed by atoms with Crippen LogP contribution >= 0.6 is 15.8 Å². The minimum absolute atomic E-state index is 0. The molecule has 0 aromatic heterocycles. The third-order valence-electron chi connectivity index (χ3n) is 6.37. The molecule has 0 unspecified atom stereocenters. The summed E-state index contributed by atoms with van der Waals surface area (Å²) in [7, 11) is -1.75. The Morgan fingerprint density at radius 2 is 0.390 bits per heavy atom. The molecule has 0 spiro atoms. The molecule has 0 aliphatic heterocycles. The fourth-order valence-corrected chi connectivity index (χ4v) is 9.78. The molecule has 0 aliphatic carbocycles. The van der Waals surface area contributed by atoms with E-state index < -0.39 is 15.8 Å². The number of rotatable bonds is 6. The van der Waals surface area contributed by atoms with Crippen LogP contribution < -0.4 is 31.8 Å². The summed E-state index contributed by atoms with van der Waals surface area (Å²) >= 11 is 0. The Morgan fingerprint density at radius 1 is 0.268 bits per heavy atom. The Labute approximate surface area is 258 Å². The average Bonchev–Trinajstić information content (AvgIpc) is 3.06. The summed E-state index contributed by atoms with van der Waals surface area (Å²) in [6.07, 6.45) is 9.00. The molecule has 41 heavy (non-hydrogen) atoms. The predicted molar refractivity (Wildman–Crippen MR) is 181 cm³/mol. The summed E-state index contributed by atoms with van der Waals surface area (Å²) in [5.74, 6) is 0. The van der Waals surface area contributed by atoms with Gasteiger partial charge in [0.05, 0.1) is 15.8 Å². The van der Waals surface area contributed by atoms with E-state index in [2.05, 4.69) is 188 Å². The molecule has 0 bridgehead atoms. The smallest absolute Gasteiger partial charge is 0.102 e. The van der Waals surface area contributed by atoms with Crippen LogP contribution in [-0.2, 0) is 16.5 Å². The summed E-state index contributed by atoms with van der Waals surface area (Å²) in [5.41, 5.74) is 0. The van der Waals surface area contributed by atoms with Crippen LogP contribution in [0.15, 0.2) is 182 Å². The van der Waals surface area contributed by atoms with E-state index >= 15 is 0 Å². The van der Waals surface area contributed by atoms with Crippen molar-refractivity contribution in [3.8, 4) is 6.42 Å². The zero-order chi connectivity index (χ0) is 27.8. The number of benzene rings is 6. The molecule has 6 aromatic carbocycles. The van der Waals surface area contributed by atoms with Crippen molar-refractivity contribution < 1.29 is 16.5 Å². The van der Waals surface area contributed by atoms with Gasteiger partial charge in [0.15, 0.2) is 0 Å². The van der Waals surface area contributed by atoms with Gasteiger partial charge in [-0.05, 0) is 72.8 Å². The first-order valence-electron chi connectivity index (χ1n) is 13.3. The molecule has 0 atom stereocenters. The quantitative estimate of drug-likeness (QED) is 0.0869. The minimum Gasteiger partial charge on any atom is -0.697 e. The third kappa shape index (κ3) is 9.12. The predicted octanol–water partition coefficient (Wildman–Crippen LogP) is 6.56. The Hall–Kier alpha value is -3.77. The number of hydrogen-bond acceptors (Lipinski definition) is 0. The van der Waals surface area contributed by atoms with E-state index in [0.29, 0.717) is 0 Å². The van der Waals surface area contributed by atoms with Crippen molar-refractivity contribution >= 4 is 47.7 Å². The molecule has 0 fully saturated rings. The van der Waals surface area contributed by atoms with Gasteiger partial charge in [0.2, 0.25) is 0 Å². The average molecular weight is 610 g/mol. The Bertz CT molecular complexity index is 1220. The van der Waals surface area contributed by atoms with Crippen LogP contribution in [0.5, 0.6) is 0 Å². The molecule has 6 aromatic rings. The maximum atomic E-state index is 5.25. The second-order valence-corrected chi connectivity index (χ2v) is 13.9. The van der Waals surface area contributed by atoms with Crippen LogP contribution in [0, 0.1) is 12.8 Å². The fraction of sp³-hybridized carbons (Fsp3) is 0. The number of terminal acetylenes is 1. The molecule has 0 heterocycles. The minimum atomic E-state index is -0.877. The van der Waals surface area contributed by atoms with Crippen molar-refractivity contribution in [2.24, 2.45) is 0 Å². The Morgan fingerprint density at radius 3 is 0.512 bits per heavy atom. The Kier molecular flexibility index (Phi) is 13.8. The van der Waals surface area contributed by atoms with Gasteiger partial charge in [-0.15, -0.1) is 0 Å². The molecule has 0 saturated heterocycles. The van der Waals surface area contributed by atoms with Gasteiger partial charge in [0.25, 0.3) is 0 Å².